The van der Waals surface area contributed by atoms with Gasteiger partial charge in [-0.1, -0.05) is 218 Å². The number of aromatic nitrogens is 6. The Bertz CT molecular complexity index is 7330. The lowest BCUT2D eigenvalue weighted by Gasteiger charge is -2.34. The third-order valence-corrected chi connectivity index (χ3v) is 16.9. The Morgan fingerprint density at radius 3 is 1.36 bits per heavy atom. The van der Waals surface area contributed by atoms with Gasteiger partial charge in [-0.25, -0.2) is 4.98 Å². The first-order chi connectivity index (χ1) is 56.0. The lowest BCUT2D eigenvalue weighted by atomic mass is 10.0. The summed E-state index contributed by atoms with van der Waals surface area (Å²) in [5, 5.41) is -10.6. The van der Waals surface area contributed by atoms with Crippen LogP contribution in [0.3, 0.4) is 0 Å². The third kappa shape index (κ3) is 6.00. The molecule has 0 amide bonds. The molecule has 0 bridgehead atoms. The maximum Gasteiger partial charge on any atom is 0.238 e. The predicted octanol–water partition coefficient (Wildman–Crippen LogP) is 13.9. The Kier molecular flexibility index (Phi) is 3.89. The fraction of sp³-hybridized carbons (Fsp3) is 0. The van der Waals surface area contributed by atoms with Crippen LogP contribution < -0.4 is 20.7 Å². The molecule has 0 radical (unpaired) electrons. The molecule has 0 aliphatic rings. The number of para-hydroxylation sites is 6. The van der Waals surface area contributed by atoms with Crippen LogP contribution in [0.25, 0.3) is 116 Å². The van der Waals surface area contributed by atoms with Crippen LogP contribution in [0.2, 0.25) is 0 Å². The Balaban J connectivity index is 1.24. The van der Waals surface area contributed by atoms with Crippen molar-refractivity contribution in [3.63, 3.8) is 0 Å². The first kappa shape index (κ1) is 17.9. The van der Waals surface area contributed by atoms with E-state index in [4.69, 9.17) is 23.7 Å². The van der Waals surface area contributed by atoms with E-state index < -0.39 is 411 Å². The molecule has 16 aromatic rings. The van der Waals surface area contributed by atoms with Crippen molar-refractivity contribution in [2.45, 2.75) is 0 Å². The second-order valence-corrected chi connectivity index (χ2v) is 20.1. The molecule has 0 aliphatic heterocycles. The first-order valence-corrected chi connectivity index (χ1v) is 24.4. The summed E-state index contributed by atoms with van der Waals surface area (Å²) in [7, 11) is -6.86. The Morgan fingerprint density at radius 1 is 0.316 bits per heavy atom. The van der Waals surface area contributed by atoms with E-state index in [1.165, 1.54) is 0 Å². The fourth-order valence-electron chi connectivity index (χ4n) is 9.94. The monoisotopic (exact) mass is 1030 g/mol. The molecule has 6 nitrogen and oxygen atoms in total. The second-order valence-electron chi connectivity index (χ2n) is 16.6. The van der Waals surface area contributed by atoms with Crippen LogP contribution in [-0.2, 0) is 0 Å². The Morgan fingerprint density at radius 2 is 0.750 bits per heavy atom. The zero-order valence-electron chi connectivity index (χ0n) is 81.7. The van der Waals surface area contributed by atoms with E-state index in [1.54, 1.807) is 0 Å². The summed E-state index contributed by atoms with van der Waals surface area (Å²) in [5.41, 5.74) is -8.74. The molecular weight excluding hydrogens is 941 g/mol. The van der Waals surface area contributed by atoms with E-state index in [2.05, 4.69) is 4.98 Å². The largest absolute Gasteiger partial charge is 0.309 e. The summed E-state index contributed by atoms with van der Waals surface area (Å²) in [4.78, 5) is 14.2. The maximum atomic E-state index is 11.0. The zero-order valence-corrected chi connectivity index (χ0v) is 38.7. The number of hydrogen-bond acceptors (Lipinski definition) is 3. The first-order valence-electron chi connectivity index (χ1n) is 44.4. The van der Waals surface area contributed by atoms with Crippen molar-refractivity contribution in [2.24, 2.45) is 0 Å². The van der Waals surface area contributed by atoms with E-state index in [0.29, 0.717) is 9.13 Å². The number of benzene rings is 11. The van der Waals surface area contributed by atoms with Gasteiger partial charge in [0.2, 0.25) is 5.95 Å². The van der Waals surface area contributed by atoms with Crippen LogP contribution >= 0.6 is 0 Å². The molecule has 0 unspecified atom stereocenters. The molecule has 16 rings (SSSR count). The highest BCUT2D eigenvalue weighted by Crippen LogP contribution is 2.46. The summed E-state index contributed by atoms with van der Waals surface area (Å²) in [6, 6.07) is -53.1. The quantitative estimate of drug-likeness (QED) is 0.113. The van der Waals surface area contributed by atoms with Gasteiger partial charge in [-0.3, -0.25) is 4.57 Å². The summed E-state index contributed by atoms with van der Waals surface area (Å²) in [6.45, 7) is 0. The standard InChI is InChI=1S/C69H44N6Si/c1-4-24-46(25-5-1)76(47-26-6-2-7-27-47,48-28-8-3-9-29-48)49-30-22-23-45(43-49)67-70-68(55-36-15-21-42-63(55)73-58-37-16-10-31-50(58)51-32-11-17-38-59(51)73)72-69(71-67)75-61-40-19-13-34-53(61)57-44-56-52-33-12-18-39-60(52)74-62-41-20-14-35-54(62)64(65(56)74)66(57)75/h1-44H/i1D,2D,3D,4D,5D,6D,7D,8D,9D,10D,11D,12D,13D,14D,15D,16D,17D,18D,19D,20D,21D,22D,23D,24D,25D,26D,27D,28D,29D,30D,31D,32D,33D,34D,35D,36D,37D,38D,39D,40D,41D,42D,43D,44D. The highest BCUT2D eigenvalue weighted by Gasteiger charge is 2.41. The molecule has 0 aliphatic carbocycles. The molecule has 0 fully saturated rings. The van der Waals surface area contributed by atoms with Crippen molar-refractivity contribution in [1.29, 1.82) is 0 Å². The van der Waals surface area contributed by atoms with E-state index >= 15 is 0 Å². The maximum absolute atomic E-state index is 11.0. The lowest BCUT2D eigenvalue weighted by molar-refractivity contribution is 0.953. The highest BCUT2D eigenvalue weighted by atomic mass is 28.3. The van der Waals surface area contributed by atoms with Crippen LogP contribution in [0.4, 0.5) is 0 Å². The Hall–Kier alpha value is -9.95. The molecule has 0 atom stereocenters. The van der Waals surface area contributed by atoms with Crippen LogP contribution in [0.1, 0.15) is 60.3 Å². The van der Waals surface area contributed by atoms with Gasteiger partial charge >= 0.3 is 0 Å². The van der Waals surface area contributed by atoms with Gasteiger partial charge in [0.05, 0.1) is 105 Å². The topological polar surface area (TPSA) is 52.9 Å². The predicted molar refractivity (Wildman–Crippen MR) is 318 cm³/mol. The lowest BCUT2D eigenvalue weighted by Crippen LogP contribution is -2.74. The van der Waals surface area contributed by atoms with Gasteiger partial charge in [-0.2, -0.15) is 9.97 Å². The smallest absolute Gasteiger partial charge is 0.238 e. The second kappa shape index (κ2) is 16.5. The van der Waals surface area contributed by atoms with Crippen molar-refractivity contribution < 1.29 is 60.3 Å². The van der Waals surface area contributed by atoms with Crippen molar-refractivity contribution in [1.82, 2.24) is 28.5 Å². The van der Waals surface area contributed by atoms with Crippen LogP contribution in [0.5, 0.6) is 0 Å². The zero-order chi connectivity index (χ0) is 88.2. The normalized spacial score (nSPS) is 20.3. The van der Waals surface area contributed by atoms with Gasteiger partial charge in [0.15, 0.2) is 19.7 Å². The number of rotatable bonds is 8. The van der Waals surface area contributed by atoms with Crippen molar-refractivity contribution >= 4 is 111 Å². The summed E-state index contributed by atoms with van der Waals surface area (Å²) in [5.74, 6) is -4.08. The van der Waals surface area contributed by atoms with Gasteiger partial charge in [0.25, 0.3) is 0 Å². The third-order valence-electron chi connectivity index (χ3n) is 12.9. The number of nitrogens with zero attached hydrogens (tertiary/aromatic N) is 6. The average Bonchev–Trinajstić information content (AvgIpc) is 1.45. The van der Waals surface area contributed by atoms with Gasteiger partial charge in [0, 0.05) is 54.2 Å². The van der Waals surface area contributed by atoms with Crippen LogP contribution in [-0.4, -0.2) is 36.6 Å². The Labute approximate surface area is 499 Å². The molecule has 5 heterocycles. The van der Waals surface area contributed by atoms with E-state index in [-0.39, 0.29) is 0 Å². The minimum absolute atomic E-state index is 0.476. The molecule has 0 N–H and O–H groups in total. The highest BCUT2D eigenvalue weighted by molar-refractivity contribution is 7.19. The van der Waals surface area contributed by atoms with Crippen molar-refractivity contribution in [3.05, 3.63) is 266 Å². The van der Waals surface area contributed by atoms with Gasteiger partial charge in [-0.05, 0) is 69.1 Å². The molecule has 0 saturated carbocycles. The summed E-state index contributed by atoms with van der Waals surface area (Å²) < 4.78 is 420. The number of hydrogen-bond donors (Lipinski definition) is 0. The molecule has 354 valence electrons. The van der Waals surface area contributed by atoms with Crippen LogP contribution in [0, 0.1) is 0 Å². The van der Waals surface area contributed by atoms with Gasteiger partial charge in [0.1, 0.15) is 0 Å². The van der Waals surface area contributed by atoms with Crippen molar-refractivity contribution in [3.8, 4) is 34.4 Å². The van der Waals surface area contributed by atoms with E-state index in [0.717, 1.165) is 4.40 Å². The van der Waals surface area contributed by atoms with Gasteiger partial charge < -0.3 is 8.97 Å². The molecular formula is C69H44N6Si. The molecule has 0 spiro atoms. The van der Waals surface area contributed by atoms with E-state index in [9.17, 15) is 46.6 Å². The minimum atomic E-state index is -6.86. The molecule has 5 aromatic heterocycles. The van der Waals surface area contributed by atoms with Crippen LogP contribution in [0.15, 0.2) is 266 Å². The number of fused-ring (bicyclic) bond motifs is 13. The molecule has 7 heteroatoms. The molecule has 76 heavy (non-hydrogen) atoms. The minimum Gasteiger partial charge on any atom is -0.309 e. The fourth-order valence-corrected chi connectivity index (χ4v) is 13.5. The van der Waals surface area contributed by atoms with E-state index in [1.807, 2.05) is 0 Å². The van der Waals surface area contributed by atoms with Crippen molar-refractivity contribution in [2.75, 3.05) is 0 Å². The molecule has 0 saturated heterocycles. The average molecular weight is 1030 g/mol. The summed E-state index contributed by atoms with van der Waals surface area (Å²) >= 11 is 0. The SMILES string of the molecule is [2H]c1c([2H])c([2H])c([Si](c2c([2H])c([2H])c([2H])c([2H])c2[2H])(c2c([2H])c([2H])c([2H])c([2H])c2[2H])c2c([2H])c([2H])c([2H])c(-c3nc(-c4c([2H])c([2H])c([2H])c([2H])c4-n4c5c([2H])c([2H])c([2H])c([2H])c5c5c([2H])c([2H])c([2H])c([2H])c54)nc(-n4c5c([2H])c([2H])c([2H])c([2H])c5c5c([2H])c6c7c([2H])c([2H])c([2H])c([2H])c7n7c8c([2H])c([2H])c([2H])c([2H])c8c(c54)c67)n3)c2[2H])c([2H])c1[2H]. The molecule has 11 aromatic carbocycles. The van der Waals surface area contributed by atoms with Gasteiger partial charge in [-0.15, -0.1) is 0 Å². The summed E-state index contributed by atoms with van der Waals surface area (Å²) in [6.07, 6.45) is 0.